The number of methoxy groups -OCH3 is 2. The van der Waals surface area contributed by atoms with Gasteiger partial charge in [-0.25, -0.2) is 0 Å². The zero-order chi connectivity index (χ0) is 23.8. The molecule has 0 saturated carbocycles. The zero-order valence-electron chi connectivity index (χ0n) is 18.2. The lowest BCUT2D eigenvalue weighted by molar-refractivity contribution is -0.133. The number of anilines is 1. The maximum atomic E-state index is 12.5. The van der Waals surface area contributed by atoms with Gasteiger partial charge in [-0.15, -0.1) is 0 Å². The van der Waals surface area contributed by atoms with Gasteiger partial charge < -0.3 is 14.8 Å². The van der Waals surface area contributed by atoms with E-state index in [-0.39, 0.29) is 35.7 Å². The number of hydrogen-bond acceptors (Lipinski definition) is 7. The van der Waals surface area contributed by atoms with Crippen molar-refractivity contribution in [3.05, 3.63) is 53.6 Å². The molecule has 0 atom stereocenters. The lowest BCUT2D eigenvalue weighted by atomic mass is 10.1. The maximum Gasteiger partial charge on any atom is 0.257 e. The Balaban J connectivity index is 1.66. The van der Waals surface area contributed by atoms with E-state index in [2.05, 4.69) is 10.3 Å². The maximum absolute atomic E-state index is 12.5. The second-order valence-corrected chi connectivity index (χ2v) is 7.89. The lowest BCUT2D eigenvalue weighted by Crippen LogP contribution is -2.42. The zero-order valence-corrected chi connectivity index (χ0v) is 19.0. The summed E-state index contributed by atoms with van der Waals surface area (Å²) in [5, 5.41) is 12.0. The quantitative estimate of drug-likeness (QED) is 0.594. The van der Waals surface area contributed by atoms with E-state index in [1.807, 2.05) is 18.2 Å². The molecule has 3 amide bonds. The van der Waals surface area contributed by atoms with Gasteiger partial charge in [0.15, 0.2) is 16.7 Å². The number of carbonyl (C=O) groups excluding carboxylic acids is 3. The number of rotatable bonds is 8. The van der Waals surface area contributed by atoms with E-state index in [9.17, 15) is 14.4 Å². The van der Waals surface area contributed by atoms with Crippen LogP contribution in [-0.4, -0.2) is 54.3 Å². The molecule has 170 valence electrons. The molecule has 9 nitrogen and oxygen atoms in total. The summed E-state index contributed by atoms with van der Waals surface area (Å²) < 4.78 is 10.6. The summed E-state index contributed by atoms with van der Waals surface area (Å²) in [6, 6.07) is 14.1. The van der Waals surface area contributed by atoms with Gasteiger partial charge in [-0.1, -0.05) is 30.0 Å². The van der Waals surface area contributed by atoms with Gasteiger partial charge in [0.1, 0.15) is 12.5 Å². The van der Waals surface area contributed by atoms with E-state index < -0.39 is 5.91 Å². The fraction of sp³-hybridized carbons (Fsp3) is 0.261. The third-order valence-corrected chi connectivity index (χ3v) is 5.76. The Morgan fingerprint density at radius 3 is 2.67 bits per heavy atom. The van der Waals surface area contributed by atoms with Crippen molar-refractivity contribution in [3.8, 4) is 17.6 Å². The second kappa shape index (κ2) is 11.2. The van der Waals surface area contributed by atoms with Gasteiger partial charge in [0, 0.05) is 6.54 Å². The Hall–Kier alpha value is -3.84. The van der Waals surface area contributed by atoms with E-state index >= 15 is 0 Å². The monoisotopic (exact) mass is 466 g/mol. The Kier molecular flexibility index (Phi) is 8.05. The SMILES string of the molecule is COc1ccc(CCN2C(=O)CC(=O)N=C2SCC(=O)Nc2ccccc2C#N)cc1OC. The molecule has 0 fully saturated rings. The molecule has 1 N–H and O–H groups in total. The molecule has 0 radical (unpaired) electrons. The van der Waals surface area contributed by atoms with Gasteiger partial charge in [-0.2, -0.15) is 10.3 Å². The molecule has 0 aliphatic carbocycles. The van der Waals surface area contributed by atoms with Crippen LogP contribution in [0.1, 0.15) is 17.5 Å². The summed E-state index contributed by atoms with van der Waals surface area (Å²) in [6.07, 6.45) is 0.180. The predicted octanol–water partition coefficient (Wildman–Crippen LogP) is 2.60. The van der Waals surface area contributed by atoms with Crippen LogP contribution in [0.2, 0.25) is 0 Å². The van der Waals surface area contributed by atoms with Crippen LogP contribution in [-0.2, 0) is 20.8 Å². The van der Waals surface area contributed by atoms with E-state index in [1.54, 1.807) is 44.6 Å². The minimum absolute atomic E-state index is 0.0774. The number of para-hydroxylation sites is 1. The number of amidine groups is 1. The summed E-state index contributed by atoms with van der Waals surface area (Å²) >= 11 is 0.997. The predicted molar refractivity (Wildman–Crippen MR) is 124 cm³/mol. The van der Waals surface area contributed by atoms with E-state index in [1.165, 1.54) is 4.90 Å². The van der Waals surface area contributed by atoms with E-state index in [0.29, 0.717) is 29.2 Å². The number of amides is 3. The van der Waals surface area contributed by atoms with Crippen molar-refractivity contribution in [2.45, 2.75) is 12.8 Å². The van der Waals surface area contributed by atoms with Crippen LogP contribution in [0, 0.1) is 11.3 Å². The molecule has 0 aromatic heterocycles. The minimum atomic E-state index is -0.542. The van der Waals surface area contributed by atoms with E-state index in [0.717, 1.165) is 17.3 Å². The first kappa shape index (κ1) is 23.8. The molecular weight excluding hydrogens is 444 g/mol. The van der Waals surface area contributed by atoms with Crippen LogP contribution >= 0.6 is 11.8 Å². The molecule has 3 rings (SSSR count). The van der Waals surface area contributed by atoms with Gasteiger partial charge in [-0.3, -0.25) is 19.3 Å². The average Bonchev–Trinajstić information content (AvgIpc) is 2.82. The average molecular weight is 467 g/mol. The molecule has 1 heterocycles. The molecular formula is C23H22N4O5S. The van der Waals surface area contributed by atoms with Gasteiger partial charge >= 0.3 is 0 Å². The van der Waals surface area contributed by atoms with Crippen LogP contribution in [0.15, 0.2) is 47.5 Å². The first-order valence-corrected chi connectivity index (χ1v) is 11.0. The smallest absolute Gasteiger partial charge is 0.257 e. The molecule has 0 spiro atoms. The number of aliphatic imine (C=N–C) groups is 1. The molecule has 1 aliphatic rings. The van der Waals surface area contributed by atoms with Crippen LogP contribution in [0.5, 0.6) is 11.5 Å². The molecule has 0 bridgehead atoms. The van der Waals surface area contributed by atoms with Crippen molar-refractivity contribution in [2.75, 3.05) is 31.8 Å². The minimum Gasteiger partial charge on any atom is -0.493 e. The summed E-state index contributed by atoms with van der Waals surface area (Å²) in [5.74, 6) is -0.189. The summed E-state index contributed by atoms with van der Waals surface area (Å²) in [6.45, 7) is 0.284. The Bertz CT molecular complexity index is 1140. The molecule has 2 aromatic carbocycles. The second-order valence-electron chi connectivity index (χ2n) is 6.94. The molecule has 0 unspecified atom stereocenters. The van der Waals surface area contributed by atoms with Crippen LogP contribution in [0.25, 0.3) is 0 Å². The topological polar surface area (TPSA) is 121 Å². The van der Waals surface area contributed by atoms with Crippen LogP contribution in [0.4, 0.5) is 5.69 Å². The largest absolute Gasteiger partial charge is 0.493 e. The van der Waals surface area contributed by atoms with Crippen molar-refractivity contribution < 1.29 is 23.9 Å². The highest BCUT2D eigenvalue weighted by atomic mass is 32.2. The number of nitrogens with zero attached hydrogens (tertiary/aromatic N) is 3. The molecule has 10 heteroatoms. The highest BCUT2D eigenvalue weighted by Crippen LogP contribution is 2.28. The van der Waals surface area contributed by atoms with E-state index in [4.69, 9.17) is 14.7 Å². The molecule has 33 heavy (non-hydrogen) atoms. The van der Waals surface area contributed by atoms with Gasteiger partial charge in [0.25, 0.3) is 5.91 Å². The Morgan fingerprint density at radius 2 is 1.94 bits per heavy atom. The molecule has 2 aromatic rings. The third-order valence-electron chi connectivity index (χ3n) is 4.78. The normalized spacial score (nSPS) is 13.2. The standard InChI is InChI=1S/C23H22N4O5S/c1-31-18-8-7-15(11-19(18)32-2)9-10-27-22(30)12-20(28)26-23(27)33-14-21(29)25-17-6-4-3-5-16(17)13-24/h3-8,11H,9-10,12,14H2,1-2H3,(H,25,29). The van der Waals surface area contributed by atoms with Crippen molar-refractivity contribution in [3.63, 3.8) is 0 Å². The van der Waals surface area contributed by atoms with Crippen LogP contribution in [0.3, 0.4) is 0 Å². The number of nitrogens with one attached hydrogen (secondary N) is 1. The van der Waals surface area contributed by atoms with Crippen molar-refractivity contribution in [1.82, 2.24) is 4.90 Å². The summed E-state index contributed by atoms with van der Waals surface area (Å²) in [4.78, 5) is 42.1. The highest BCUT2D eigenvalue weighted by molar-refractivity contribution is 8.14. The number of hydrogen-bond donors (Lipinski definition) is 1. The fourth-order valence-electron chi connectivity index (χ4n) is 3.15. The number of ether oxygens (including phenoxy) is 2. The fourth-order valence-corrected chi connectivity index (χ4v) is 4.00. The van der Waals surface area contributed by atoms with Gasteiger partial charge in [-0.05, 0) is 36.2 Å². The number of nitriles is 1. The summed E-state index contributed by atoms with van der Waals surface area (Å²) in [7, 11) is 3.10. The third kappa shape index (κ3) is 6.11. The molecule has 0 saturated heterocycles. The first-order chi connectivity index (χ1) is 15.9. The first-order valence-electron chi connectivity index (χ1n) is 9.99. The summed E-state index contributed by atoms with van der Waals surface area (Å²) in [5.41, 5.74) is 1.65. The van der Waals surface area contributed by atoms with Gasteiger partial charge in [0.05, 0.1) is 31.2 Å². The van der Waals surface area contributed by atoms with Crippen molar-refractivity contribution in [2.24, 2.45) is 4.99 Å². The number of benzene rings is 2. The van der Waals surface area contributed by atoms with Crippen molar-refractivity contribution >= 4 is 40.3 Å². The highest BCUT2D eigenvalue weighted by Gasteiger charge is 2.28. The Morgan fingerprint density at radius 1 is 1.18 bits per heavy atom. The lowest BCUT2D eigenvalue weighted by Gasteiger charge is -2.26. The van der Waals surface area contributed by atoms with Crippen molar-refractivity contribution in [1.29, 1.82) is 5.26 Å². The number of carbonyl (C=O) groups is 3. The van der Waals surface area contributed by atoms with Gasteiger partial charge in [0.2, 0.25) is 11.8 Å². The van der Waals surface area contributed by atoms with Crippen LogP contribution < -0.4 is 14.8 Å². The molecule has 1 aliphatic heterocycles. The Labute approximate surface area is 195 Å². The number of thioether (sulfide) groups is 1.